The van der Waals surface area contributed by atoms with Crippen LogP contribution in [0.15, 0.2) is 48.4 Å². The Balaban J connectivity index is 2.17. The van der Waals surface area contributed by atoms with Gasteiger partial charge in [-0.25, -0.2) is 4.79 Å². The zero-order valence-electron chi connectivity index (χ0n) is 9.54. The first kappa shape index (κ1) is 10.7. The summed E-state index contributed by atoms with van der Waals surface area (Å²) in [4.78, 5) is 12.7. The number of fused-ring (bicyclic) bond motifs is 3. The minimum Gasteiger partial charge on any atom is -0.449 e. The highest BCUT2D eigenvalue weighted by atomic mass is 16.7. The van der Waals surface area contributed by atoms with Crippen LogP contribution in [0.1, 0.15) is 11.1 Å². The summed E-state index contributed by atoms with van der Waals surface area (Å²) >= 11 is 0. The molecule has 2 heterocycles. The van der Waals surface area contributed by atoms with Crippen molar-refractivity contribution in [3.05, 3.63) is 59.5 Å². The zero-order valence-corrected chi connectivity index (χ0v) is 9.54. The molecule has 1 N–H and O–H groups in total. The average Bonchev–Trinajstić information content (AvgIpc) is 2.38. The van der Waals surface area contributed by atoms with E-state index in [1.807, 2.05) is 47.5 Å². The molecule has 0 fully saturated rings. The van der Waals surface area contributed by atoms with Gasteiger partial charge in [-0.2, -0.15) is 0 Å². The first-order valence-electron chi connectivity index (χ1n) is 5.61. The molecule has 0 radical (unpaired) electrons. The van der Waals surface area contributed by atoms with Crippen LogP contribution in [0.5, 0.6) is 0 Å². The number of hydrogen-bond acceptors (Lipinski definition) is 3. The van der Waals surface area contributed by atoms with Crippen LogP contribution in [0.2, 0.25) is 0 Å². The predicted octanol–water partition coefficient (Wildman–Crippen LogP) is 2.91. The maximum Gasteiger partial charge on any atom is 0.511 e. The minimum absolute atomic E-state index is 0.366. The van der Waals surface area contributed by atoms with E-state index >= 15 is 0 Å². The Morgan fingerprint density at radius 2 is 2.11 bits per heavy atom. The molecule has 3 rings (SSSR count). The van der Waals surface area contributed by atoms with E-state index in [9.17, 15) is 4.79 Å². The van der Waals surface area contributed by atoms with Crippen molar-refractivity contribution in [2.75, 3.05) is 6.54 Å². The second-order valence-electron chi connectivity index (χ2n) is 4.04. The van der Waals surface area contributed by atoms with Crippen LogP contribution < -0.4 is 0 Å². The topological polar surface area (TPSA) is 49.8 Å². The van der Waals surface area contributed by atoms with Crippen LogP contribution in [0.4, 0.5) is 4.79 Å². The molecule has 2 aliphatic heterocycles. The largest absolute Gasteiger partial charge is 0.511 e. The van der Waals surface area contributed by atoms with Crippen LogP contribution in [0.25, 0.3) is 11.8 Å². The van der Waals surface area contributed by atoms with E-state index in [0.717, 1.165) is 16.8 Å². The van der Waals surface area contributed by atoms with Crippen LogP contribution >= 0.6 is 0 Å². The Morgan fingerprint density at radius 3 is 2.94 bits per heavy atom. The fourth-order valence-electron chi connectivity index (χ4n) is 2.21. The lowest BCUT2D eigenvalue weighted by molar-refractivity contribution is 0.121. The van der Waals surface area contributed by atoms with Gasteiger partial charge in [0.15, 0.2) is 5.76 Å². The average molecular weight is 241 g/mol. The fraction of sp³-hybridized carbons (Fsp3) is 0.0714. The van der Waals surface area contributed by atoms with E-state index in [4.69, 9.17) is 9.84 Å². The molecule has 0 bridgehead atoms. The first-order valence-corrected chi connectivity index (χ1v) is 5.61. The number of rotatable bonds is 1. The van der Waals surface area contributed by atoms with E-state index in [0.29, 0.717) is 12.3 Å². The fourth-order valence-corrected chi connectivity index (χ4v) is 2.21. The number of carbonyl (C=O) groups is 1. The smallest absolute Gasteiger partial charge is 0.449 e. The van der Waals surface area contributed by atoms with E-state index in [-0.39, 0.29) is 0 Å². The third-order valence-electron chi connectivity index (χ3n) is 2.94. The molecule has 18 heavy (non-hydrogen) atoms. The Hall–Kier alpha value is -2.49. The van der Waals surface area contributed by atoms with Gasteiger partial charge >= 0.3 is 6.16 Å². The van der Waals surface area contributed by atoms with Crippen molar-refractivity contribution in [2.24, 2.45) is 0 Å². The summed E-state index contributed by atoms with van der Waals surface area (Å²) in [5, 5.41) is 8.78. The summed E-state index contributed by atoms with van der Waals surface area (Å²) in [6.07, 6.45) is 6.23. The lowest BCUT2D eigenvalue weighted by Gasteiger charge is -2.30. The summed E-state index contributed by atoms with van der Waals surface area (Å²) < 4.78 is 4.85. The van der Waals surface area contributed by atoms with Crippen LogP contribution in [-0.2, 0) is 4.74 Å². The van der Waals surface area contributed by atoms with Gasteiger partial charge in [-0.1, -0.05) is 30.3 Å². The van der Waals surface area contributed by atoms with E-state index < -0.39 is 6.16 Å². The van der Waals surface area contributed by atoms with E-state index in [2.05, 4.69) is 0 Å². The number of hydrogen-bond donors (Lipinski definition) is 1. The van der Waals surface area contributed by atoms with Crippen molar-refractivity contribution in [2.45, 2.75) is 0 Å². The second kappa shape index (κ2) is 4.07. The highest BCUT2D eigenvalue weighted by Crippen LogP contribution is 2.34. The molecule has 1 aromatic rings. The molecule has 0 aliphatic carbocycles. The van der Waals surface area contributed by atoms with Gasteiger partial charge in [0.05, 0.1) is 5.70 Å². The molecular formula is C14H11NO3. The van der Waals surface area contributed by atoms with Crippen molar-refractivity contribution in [1.82, 2.24) is 4.90 Å². The molecule has 1 aromatic carbocycles. The van der Waals surface area contributed by atoms with Gasteiger partial charge in [0.25, 0.3) is 0 Å². The number of ether oxygens (including phenoxy) is 1. The van der Waals surface area contributed by atoms with Gasteiger partial charge in [-0.15, -0.1) is 0 Å². The van der Waals surface area contributed by atoms with Gasteiger partial charge in [0.1, 0.15) is 0 Å². The molecular weight excluding hydrogens is 230 g/mol. The molecule has 0 amide bonds. The normalized spacial score (nSPS) is 16.3. The van der Waals surface area contributed by atoms with E-state index in [1.165, 1.54) is 0 Å². The lowest BCUT2D eigenvalue weighted by Crippen LogP contribution is -2.24. The van der Waals surface area contributed by atoms with Crippen molar-refractivity contribution in [1.29, 1.82) is 0 Å². The van der Waals surface area contributed by atoms with Crippen LogP contribution in [-0.4, -0.2) is 22.7 Å². The maximum atomic E-state index is 10.7. The van der Waals surface area contributed by atoms with Crippen molar-refractivity contribution < 1.29 is 14.6 Å². The molecule has 0 saturated carbocycles. The Bertz CT molecular complexity index is 599. The zero-order chi connectivity index (χ0) is 12.5. The maximum absolute atomic E-state index is 10.7. The monoisotopic (exact) mass is 241 g/mol. The Morgan fingerprint density at radius 1 is 1.28 bits per heavy atom. The SMILES string of the molecule is O=C(O)OC1=C2c3ccccc3C=CN2CC=C1. The Labute approximate surface area is 104 Å². The van der Waals surface area contributed by atoms with E-state index in [1.54, 1.807) is 6.08 Å². The summed E-state index contributed by atoms with van der Waals surface area (Å²) in [6.45, 7) is 0.715. The van der Waals surface area contributed by atoms with Crippen LogP contribution in [0, 0.1) is 0 Å². The molecule has 4 nitrogen and oxygen atoms in total. The van der Waals surface area contributed by atoms with Gasteiger partial charge < -0.3 is 14.7 Å². The minimum atomic E-state index is -1.30. The molecule has 0 aromatic heterocycles. The summed E-state index contributed by atoms with van der Waals surface area (Å²) in [7, 11) is 0. The van der Waals surface area contributed by atoms with Gasteiger partial charge in [-0.05, 0) is 17.7 Å². The summed E-state index contributed by atoms with van der Waals surface area (Å²) in [5.74, 6) is 0.366. The van der Waals surface area contributed by atoms with Gasteiger partial charge in [0, 0.05) is 18.3 Å². The summed E-state index contributed by atoms with van der Waals surface area (Å²) in [5.41, 5.74) is 2.85. The molecule has 0 saturated heterocycles. The quantitative estimate of drug-likeness (QED) is 0.768. The predicted molar refractivity (Wildman–Crippen MR) is 67.4 cm³/mol. The lowest BCUT2D eigenvalue weighted by atomic mass is 9.98. The number of carboxylic acid groups (broad SMARTS) is 1. The van der Waals surface area contributed by atoms with Crippen LogP contribution in [0.3, 0.4) is 0 Å². The number of benzene rings is 1. The molecule has 90 valence electrons. The molecule has 0 atom stereocenters. The number of nitrogens with zero attached hydrogens (tertiary/aromatic N) is 1. The highest BCUT2D eigenvalue weighted by molar-refractivity contribution is 5.81. The molecule has 0 spiro atoms. The molecule has 0 unspecified atom stereocenters. The van der Waals surface area contributed by atoms with Crippen molar-refractivity contribution in [3.63, 3.8) is 0 Å². The van der Waals surface area contributed by atoms with Gasteiger partial charge in [0.2, 0.25) is 0 Å². The second-order valence-corrected chi connectivity index (χ2v) is 4.04. The standard InChI is InChI=1S/C14H11NO3/c16-14(17)18-12-6-3-8-15-9-7-10-4-1-2-5-11(10)13(12)15/h1-7,9H,8H2,(H,16,17). The Kier molecular flexibility index (Phi) is 2.41. The third kappa shape index (κ3) is 1.68. The molecule has 4 heteroatoms. The molecule has 2 aliphatic rings. The van der Waals surface area contributed by atoms with Crippen molar-refractivity contribution >= 4 is 17.9 Å². The van der Waals surface area contributed by atoms with Crippen molar-refractivity contribution in [3.8, 4) is 0 Å². The number of allylic oxidation sites excluding steroid dienone is 1. The van der Waals surface area contributed by atoms with Gasteiger partial charge in [-0.3, -0.25) is 0 Å². The first-order chi connectivity index (χ1) is 8.75. The highest BCUT2D eigenvalue weighted by Gasteiger charge is 2.23. The third-order valence-corrected chi connectivity index (χ3v) is 2.94. The summed E-state index contributed by atoms with van der Waals surface area (Å²) in [6, 6.07) is 7.84.